The van der Waals surface area contributed by atoms with Crippen LogP contribution in [0.2, 0.25) is 0 Å². The highest BCUT2D eigenvalue weighted by atomic mass is 19.1. The Hall–Kier alpha value is -3.04. The maximum Gasteiger partial charge on any atom is 0.258 e. The Bertz CT molecular complexity index is 1150. The average Bonchev–Trinajstić information content (AvgIpc) is 3.04. The number of pyridine rings is 1. The van der Waals surface area contributed by atoms with Crippen LogP contribution in [0.5, 0.6) is 0 Å². The van der Waals surface area contributed by atoms with Crippen molar-refractivity contribution in [2.45, 2.75) is 32.0 Å². The van der Waals surface area contributed by atoms with Crippen LogP contribution in [0.4, 0.5) is 4.39 Å². The van der Waals surface area contributed by atoms with Crippen LogP contribution in [0, 0.1) is 17.7 Å². The van der Waals surface area contributed by atoms with Crippen molar-refractivity contribution in [3.63, 3.8) is 0 Å². The molecule has 34 heavy (non-hydrogen) atoms. The van der Waals surface area contributed by atoms with Gasteiger partial charge in [0.2, 0.25) is 11.8 Å². The SMILES string of the molecule is CC(=O)N1[C@@H]2c3ccc(-c4cccc(F)c4)c(=O)n3C[C@H]1[C@H](CO)[C@H]2C(=O)NCCCN(C)C. The molecular weight excluding hydrogens is 439 g/mol. The van der Waals surface area contributed by atoms with Crippen LogP contribution in [0.3, 0.4) is 0 Å². The third-order valence-electron chi connectivity index (χ3n) is 6.93. The van der Waals surface area contributed by atoms with Gasteiger partial charge in [-0.3, -0.25) is 14.4 Å². The summed E-state index contributed by atoms with van der Waals surface area (Å²) in [5, 5.41) is 13.2. The minimum absolute atomic E-state index is 0.170. The third-order valence-corrected chi connectivity index (χ3v) is 6.93. The first-order valence-corrected chi connectivity index (χ1v) is 11.6. The number of aromatic nitrogens is 1. The molecule has 2 aromatic rings. The van der Waals surface area contributed by atoms with E-state index < -0.39 is 29.7 Å². The minimum atomic E-state index is -0.675. The number of aliphatic hydroxyl groups excluding tert-OH is 1. The fourth-order valence-corrected chi connectivity index (χ4v) is 5.44. The van der Waals surface area contributed by atoms with Gasteiger partial charge in [0, 0.05) is 43.8 Å². The molecule has 4 atom stereocenters. The number of nitrogens with zero attached hydrogens (tertiary/aromatic N) is 3. The zero-order valence-corrected chi connectivity index (χ0v) is 19.7. The van der Waals surface area contributed by atoms with E-state index in [0.717, 1.165) is 13.0 Å². The molecule has 2 bridgehead atoms. The Labute approximate surface area is 198 Å². The molecule has 0 saturated carbocycles. The number of fused-ring (bicyclic) bond motifs is 4. The van der Waals surface area contributed by atoms with Crippen LogP contribution in [-0.2, 0) is 16.1 Å². The largest absolute Gasteiger partial charge is 0.396 e. The monoisotopic (exact) mass is 470 g/mol. The van der Waals surface area contributed by atoms with Gasteiger partial charge in [-0.1, -0.05) is 12.1 Å². The van der Waals surface area contributed by atoms with E-state index >= 15 is 0 Å². The molecule has 0 radical (unpaired) electrons. The molecule has 2 aliphatic rings. The number of halogens is 1. The van der Waals surface area contributed by atoms with Crippen molar-refractivity contribution in [2.24, 2.45) is 11.8 Å². The maximum absolute atomic E-state index is 13.8. The molecular formula is C25H31FN4O4. The zero-order chi connectivity index (χ0) is 24.6. The molecule has 1 aromatic heterocycles. The van der Waals surface area contributed by atoms with Gasteiger partial charge in [0.1, 0.15) is 5.82 Å². The van der Waals surface area contributed by atoms with Crippen molar-refractivity contribution >= 4 is 11.8 Å². The van der Waals surface area contributed by atoms with Gasteiger partial charge in [0.15, 0.2) is 0 Å². The first-order chi connectivity index (χ1) is 16.2. The molecule has 182 valence electrons. The molecule has 1 fully saturated rings. The van der Waals surface area contributed by atoms with Gasteiger partial charge in [-0.2, -0.15) is 0 Å². The Kier molecular flexibility index (Phi) is 6.86. The molecule has 2 amide bonds. The molecule has 2 aliphatic heterocycles. The summed E-state index contributed by atoms with van der Waals surface area (Å²) in [4.78, 5) is 43.0. The van der Waals surface area contributed by atoms with Gasteiger partial charge in [-0.15, -0.1) is 0 Å². The molecule has 8 nitrogen and oxygen atoms in total. The smallest absolute Gasteiger partial charge is 0.258 e. The first-order valence-electron chi connectivity index (χ1n) is 11.6. The lowest BCUT2D eigenvalue weighted by atomic mass is 9.86. The lowest BCUT2D eigenvalue weighted by Gasteiger charge is -2.37. The summed E-state index contributed by atoms with van der Waals surface area (Å²) in [6.45, 7) is 2.64. The zero-order valence-electron chi connectivity index (χ0n) is 19.7. The van der Waals surface area contributed by atoms with Crippen LogP contribution in [0.25, 0.3) is 11.1 Å². The van der Waals surface area contributed by atoms with Gasteiger partial charge < -0.3 is 24.8 Å². The second-order valence-corrected chi connectivity index (χ2v) is 9.36. The quantitative estimate of drug-likeness (QED) is 0.594. The fourth-order valence-electron chi connectivity index (χ4n) is 5.44. The van der Waals surface area contributed by atoms with Gasteiger partial charge in [-0.25, -0.2) is 4.39 Å². The summed E-state index contributed by atoms with van der Waals surface area (Å²) < 4.78 is 15.4. The number of nitrogens with one attached hydrogen (secondary N) is 1. The van der Waals surface area contributed by atoms with E-state index in [-0.39, 0.29) is 30.5 Å². The number of aliphatic hydroxyl groups is 1. The summed E-state index contributed by atoms with van der Waals surface area (Å²) in [5.41, 5.74) is 1.07. The summed E-state index contributed by atoms with van der Waals surface area (Å²) in [5.74, 6) is -2.05. The second-order valence-electron chi connectivity index (χ2n) is 9.36. The van der Waals surface area contributed by atoms with Gasteiger partial charge in [0.25, 0.3) is 5.56 Å². The number of amides is 2. The molecule has 4 rings (SSSR count). The summed E-state index contributed by atoms with van der Waals surface area (Å²) >= 11 is 0. The van der Waals surface area contributed by atoms with Crippen molar-refractivity contribution in [2.75, 3.05) is 33.8 Å². The predicted octanol–water partition coefficient (Wildman–Crippen LogP) is 1.23. The summed E-state index contributed by atoms with van der Waals surface area (Å²) in [7, 11) is 3.92. The molecule has 1 aromatic carbocycles. The van der Waals surface area contributed by atoms with Crippen LogP contribution in [-0.4, -0.2) is 71.1 Å². The highest BCUT2D eigenvalue weighted by Gasteiger charge is 2.56. The van der Waals surface area contributed by atoms with E-state index in [9.17, 15) is 23.9 Å². The van der Waals surface area contributed by atoms with Crippen LogP contribution < -0.4 is 10.9 Å². The van der Waals surface area contributed by atoms with Crippen molar-refractivity contribution in [3.8, 4) is 11.1 Å². The van der Waals surface area contributed by atoms with Crippen LogP contribution >= 0.6 is 0 Å². The third kappa shape index (κ3) is 4.25. The molecule has 0 spiro atoms. The Morgan fingerprint density at radius 1 is 1.24 bits per heavy atom. The summed E-state index contributed by atoms with van der Waals surface area (Å²) in [6.07, 6.45) is 0.771. The van der Waals surface area contributed by atoms with E-state index in [4.69, 9.17) is 0 Å². The first kappa shape index (κ1) is 24.1. The van der Waals surface area contributed by atoms with Crippen LogP contribution in [0.15, 0.2) is 41.2 Å². The molecule has 0 unspecified atom stereocenters. The normalized spacial score (nSPS) is 23.2. The van der Waals surface area contributed by atoms with Crippen molar-refractivity contribution in [3.05, 3.63) is 58.3 Å². The van der Waals surface area contributed by atoms with E-state index in [0.29, 0.717) is 23.4 Å². The van der Waals surface area contributed by atoms with Crippen molar-refractivity contribution in [1.29, 1.82) is 0 Å². The second kappa shape index (κ2) is 9.68. The average molecular weight is 471 g/mol. The number of hydrogen-bond acceptors (Lipinski definition) is 5. The molecule has 9 heteroatoms. The van der Waals surface area contributed by atoms with Gasteiger partial charge >= 0.3 is 0 Å². The highest BCUT2D eigenvalue weighted by Crippen LogP contribution is 2.48. The molecule has 3 heterocycles. The van der Waals surface area contributed by atoms with Gasteiger partial charge in [-0.05, 0) is 56.9 Å². The Morgan fingerprint density at radius 3 is 2.65 bits per heavy atom. The molecule has 0 aliphatic carbocycles. The van der Waals surface area contributed by atoms with E-state index in [1.807, 2.05) is 19.0 Å². The molecule has 2 N–H and O–H groups in total. The highest BCUT2D eigenvalue weighted by molar-refractivity contribution is 5.83. The van der Waals surface area contributed by atoms with Gasteiger partial charge in [0.05, 0.1) is 18.0 Å². The number of carbonyl (C=O) groups excluding carboxylic acids is 2. The number of hydrogen-bond donors (Lipinski definition) is 2. The lowest BCUT2D eigenvalue weighted by molar-refractivity contribution is -0.134. The lowest BCUT2D eigenvalue weighted by Crippen LogP contribution is -2.48. The minimum Gasteiger partial charge on any atom is -0.396 e. The Balaban J connectivity index is 1.73. The van der Waals surface area contributed by atoms with Crippen molar-refractivity contribution < 1.29 is 19.1 Å². The molecule has 1 saturated heterocycles. The fraction of sp³-hybridized carbons (Fsp3) is 0.480. The van der Waals surface area contributed by atoms with E-state index in [2.05, 4.69) is 5.32 Å². The Morgan fingerprint density at radius 2 is 2.00 bits per heavy atom. The predicted molar refractivity (Wildman–Crippen MR) is 125 cm³/mol. The summed E-state index contributed by atoms with van der Waals surface area (Å²) in [6, 6.07) is 8.07. The van der Waals surface area contributed by atoms with E-state index in [1.54, 1.807) is 33.7 Å². The maximum atomic E-state index is 13.8. The van der Waals surface area contributed by atoms with Crippen molar-refractivity contribution in [1.82, 2.24) is 19.7 Å². The van der Waals surface area contributed by atoms with E-state index in [1.165, 1.54) is 19.1 Å². The number of benzene rings is 1. The number of rotatable bonds is 7. The topological polar surface area (TPSA) is 94.9 Å². The van der Waals surface area contributed by atoms with Crippen LogP contribution in [0.1, 0.15) is 25.1 Å². The standard InChI is InChI=1S/C25H31FN4O4/c1-15(32)30-21-13-29-20(9-8-18(25(29)34)16-6-4-7-17(26)12-16)23(30)22(19(21)14-31)24(33)27-10-5-11-28(2)3/h4,6-9,12,19,21-23,31H,5,10-11,13-14H2,1-3H3,(H,27,33)/t19-,21-,22+,23+/m0/s1. The number of carbonyl (C=O) groups is 2.